The minimum atomic E-state index is -4.56. The van der Waals surface area contributed by atoms with Crippen LogP contribution in [0.4, 0.5) is 18.9 Å². The second-order valence-electron chi connectivity index (χ2n) is 5.19. The first-order valence-corrected chi connectivity index (χ1v) is 6.80. The van der Waals surface area contributed by atoms with Crippen molar-refractivity contribution < 1.29 is 22.6 Å². The van der Waals surface area contributed by atoms with Crippen LogP contribution >= 0.6 is 0 Å². The number of ether oxygens (including phenoxy) is 2. The van der Waals surface area contributed by atoms with Crippen LogP contribution in [0, 0.1) is 11.3 Å². The lowest BCUT2D eigenvalue weighted by Crippen LogP contribution is -2.33. The van der Waals surface area contributed by atoms with Gasteiger partial charge in [-0.1, -0.05) is 0 Å². The van der Waals surface area contributed by atoms with Crippen LogP contribution in [0.5, 0.6) is 0 Å². The first-order valence-electron chi connectivity index (χ1n) is 6.80. The van der Waals surface area contributed by atoms with Crippen molar-refractivity contribution in [2.75, 3.05) is 32.3 Å². The van der Waals surface area contributed by atoms with E-state index in [2.05, 4.69) is 0 Å². The van der Waals surface area contributed by atoms with Gasteiger partial charge in [-0.25, -0.2) is 0 Å². The summed E-state index contributed by atoms with van der Waals surface area (Å²) in [6, 6.07) is 5.31. The highest BCUT2D eigenvalue weighted by molar-refractivity contribution is 5.56. The van der Waals surface area contributed by atoms with Crippen LogP contribution in [0.1, 0.15) is 17.5 Å². The van der Waals surface area contributed by atoms with E-state index in [1.165, 1.54) is 12.1 Å². The van der Waals surface area contributed by atoms with Crippen molar-refractivity contribution in [2.45, 2.75) is 24.7 Å². The molecule has 1 saturated heterocycles. The fourth-order valence-electron chi connectivity index (χ4n) is 2.75. The summed E-state index contributed by atoms with van der Waals surface area (Å²) in [7, 11) is 3.14. The maximum atomic E-state index is 13.1. The van der Waals surface area contributed by atoms with Gasteiger partial charge in [0.25, 0.3) is 0 Å². The summed E-state index contributed by atoms with van der Waals surface area (Å²) >= 11 is 0. The Morgan fingerprint density at radius 3 is 2.64 bits per heavy atom. The molecule has 0 bridgehead atoms. The number of alkyl halides is 3. The third-order valence-electron chi connectivity index (χ3n) is 3.83. The van der Waals surface area contributed by atoms with Gasteiger partial charge >= 0.3 is 6.18 Å². The maximum absolute atomic E-state index is 13.1. The number of nitrogens with zero attached hydrogens (tertiary/aromatic N) is 2. The first kappa shape index (κ1) is 16.6. The van der Waals surface area contributed by atoms with Gasteiger partial charge in [0, 0.05) is 26.5 Å². The van der Waals surface area contributed by atoms with Crippen LogP contribution in [0.2, 0.25) is 0 Å². The topological polar surface area (TPSA) is 45.5 Å². The predicted molar refractivity (Wildman–Crippen MR) is 74.6 cm³/mol. The molecule has 1 aromatic rings. The molecule has 1 fully saturated rings. The van der Waals surface area contributed by atoms with Crippen LogP contribution in [0.3, 0.4) is 0 Å². The second kappa shape index (κ2) is 6.55. The third kappa shape index (κ3) is 3.34. The fourth-order valence-corrected chi connectivity index (χ4v) is 2.75. The lowest BCUT2D eigenvalue weighted by Gasteiger charge is -2.27. The number of methoxy groups -OCH3 is 2. The molecule has 2 rings (SSSR count). The monoisotopic (exact) mass is 314 g/mol. The Hall–Kier alpha value is -1.78. The van der Waals surface area contributed by atoms with E-state index in [9.17, 15) is 13.2 Å². The summed E-state index contributed by atoms with van der Waals surface area (Å²) in [5.74, 6) is 0. The Kier molecular flexibility index (Phi) is 4.94. The van der Waals surface area contributed by atoms with Gasteiger partial charge in [-0.05, 0) is 24.6 Å². The van der Waals surface area contributed by atoms with E-state index in [1.54, 1.807) is 20.3 Å². The lowest BCUT2D eigenvalue weighted by molar-refractivity contribution is -0.137. The van der Waals surface area contributed by atoms with Gasteiger partial charge < -0.3 is 14.4 Å². The van der Waals surface area contributed by atoms with Crippen molar-refractivity contribution in [3.63, 3.8) is 0 Å². The number of halogens is 3. The van der Waals surface area contributed by atoms with E-state index in [0.29, 0.717) is 25.3 Å². The third-order valence-corrected chi connectivity index (χ3v) is 3.83. The summed E-state index contributed by atoms with van der Waals surface area (Å²) in [4.78, 5) is 1.84. The lowest BCUT2D eigenvalue weighted by atomic mass is 10.1. The molecule has 1 heterocycles. The highest BCUT2D eigenvalue weighted by Gasteiger charge is 2.37. The van der Waals surface area contributed by atoms with Gasteiger partial charge in [0.05, 0.1) is 35.9 Å². The summed E-state index contributed by atoms with van der Waals surface area (Å²) in [6.45, 7) is 0.898. The van der Waals surface area contributed by atoms with E-state index >= 15 is 0 Å². The average molecular weight is 314 g/mol. The first-order chi connectivity index (χ1) is 10.4. The van der Waals surface area contributed by atoms with Crippen LogP contribution in [-0.2, 0) is 15.7 Å². The second-order valence-corrected chi connectivity index (χ2v) is 5.19. The number of benzene rings is 1. The number of rotatable bonds is 4. The summed E-state index contributed by atoms with van der Waals surface area (Å²) in [5, 5.41) is 8.85. The minimum Gasteiger partial charge on any atom is -0.383 e. The van der Waals surface area contributed by atoms with Crippen molar-refractivity contribution in [3.8, 4) is 6.07 Å². The van der Waals surface area contributed by atoms with Gasteiger partial charge in [-0.3, -0.25) is 0 Å². The normalized spacial score (nSPS) is 21.9. The molecule has 1 aliphatic rings. The van der Waals surface area contributed by atoms with Crippen molar-refractivity contribution >= 4 is 5.69 Å². The Labute approximate surface area is 127 Å². The molecule has 0 saturated carbocycles. The molecule has 0 spiro atoms. The molecule has 4 nitrogen and oxygen atoms in total. The molecule has 0 unspecified atom stereocenters. The smallest absolute Gasteiger partial charge is 0.383 e. The van der Waals surface area contributed by atoms with Crippen molar-refractivity contribution in [1.29, 1.82) is 5.26 Å². The zero-order valence-corrected chi connectivity index (χ0v) is 12.4. The van der Waals surface area contributed by atoms with Gasteiger partial charge in [-0.2, -0.15) is 18.4 Å². The molecule has 0 N–H and O–H groups in total. The molecule has 0 aliphatic carbocycles. The van der Waals surface area contributed by atoms with Crippen molar-refractivity contribution in [1.82, 2.24) is 0 Å². The standard InChI is InChI=1S/C15H17F3N2O2/c1-21-9-12-5-13(22-2)8-20(12)11-4-3-10(7-19)14(6-11)15(16,17)18/h3-4,6,12-13H,5,8-9H2,1-2H3/t12-,13+/m0/s1. The maximum Gasteiger partial charge on any atom is 0.417 e. The molecule has 0 amide bonds. The predicted octanol–water partition coefficient (Wildman–Crippen LogP) is 2.82. The number of nitriles is 1. The summed E-state index contributed by atoms with van der Waals surface area (Å²) < 4.78 is 49.7. The zero-order chi connectivity index (χ0) is 16.3. The molecule has 0 radical (unpaired) electrons. The zero-order valence-electron chi connectivity index (χ0n) is 12.4. The molecule has 7 heteroatoms. The fraction of sp³-hybridized carbons (Fsp3) is 0.533. The van der Waals surface area contributed by atoms with Crippen LogP contribution in [0.25, 0.3) is 0 Å². The Morgan fingerprint density at radius 1 is 1.36 bits per heavy atom. The average Bonchev–Trinajstić information content (AvgIpc) is 2.89. The van der Waals surface area contributed by atoms with Crippen molar-refractivity contribution in [3.05, 3.63) is 29.3 Å². The number of hydrogen-bond acceptors (Lipinski definition) is 4. The van der Waals surface area contributed by atoms with Gasteiger partial charge in [0.1, 0.15) is 0 Å². The molecule has 22 heavy (non-hydrogen) atoms. The van der Waals surface area contributed by atoms with E-state index in [-0.39, 0.29) is 17.7 Å². The van der Waals surface area contributed by atoms with E-state index in [0.717, 1.165) is 6.07 Å². The molecule has 1 aromatic carbocycles. The summed E-state index contributed by atoms with van der Waals surface area (Å²) in [6.07, 6.45) is -3.92. The summed E-state index contributed by atoms with van der Waals surface area (Å²) in [5.41, 5.74) is -0.862. The van der Waals surface area contributed by atoms with Crippen molar-refractivity contribution in [2.24, 2.45) is 0 Å². The van der Waals surface area contributed by atoms with Crippen LogP contribution in [0.15, 0.2) is 18.2 Å². The van der Waals surface area contributed by atoms with E-state index in [4.69, 9.17) is 14.7 Å². The van der Waals surface area contributed by atoms with Gasteiger partial charge in [0.2, 0.25) is 0 Å². The molecule has 0 aromatic heterocycles. The molecule has 2 atom stereocenters. The van der Waals surface area contributed by atoms with Crippen LogP contribution < -0.4 is 4.90 Å². The molecule has 120 valence electrons. The van der Waals surface area contributed by atoms with Gasteiger partial charge in [-0.15, -0.1) is 0 Å². The molecular formula is C15H17F3N2O2. The number of hydrogen-bond donors (Lipinski definition) is 0. The highest BCUT2D eigenvalue weighted by atomic mass is 19.4. The Morgan fingerprint density at radius 2 is 2.09 bits per heavy atom. The minimum absolute atomic E-state index is 0.0508. The van der Waals surface area contributed by atoms with E-state index in [1.807, 2.05) is 4.90 Å². The largest absolute Gasteiger partial charge is 0.417 e. The Balaban J connectivity index is 2.37. The number of anilines is 1. The van der Waals surface area contributed by atoms with E-state index < -0.39 is 11.7 Å². The van der Waals surface area contributed by atoms with Gasteiger partial charge in [0.15, 0.2) is 0 Å². The highest BCUT2D eigenvalue weighted by Crippen LogP contribution is 2.36. The SMILES string of the molecule is COC[C@@H]1C[C@@H](OC)CN1c1ccc(C#N)c(C(F)(F)F)c1. The molecular weight excluding hydrogens is 297 g/mol. The Bertz CT molecular complexity index is 569. The quantitative estimate of drug-likeness (QED) is 0.857. The molecule has 1 aliphatic heterocycles. The van der Waals surface area contributed by atoms with Crippen LogP contribution in [-0.4, -0.2) is 39.5 Å².